The van der Waals surface area contributed by atoms with Crippen molar-refractivity contribution in [2.45, 2.75) is 6.42 Å². The molecule has 0 saturated heterocycles. The van der Waals surface area contributed by atoms with Gasteiger partial charge in [-0.05, 0) is 29.3 Å². The molecule has 0 heterocycles. The largest absolute Gasteiger partial charge is 0.323 e. The number of nitriles is 1. The van der Waals surface area contributed by atoms with E-state index < -0.39 is 4.92 Å². The molecular formula is C17H13N3O3. The Morgan fingerprint density at radius 3 is 2.65 bits per heavy atom. The molecule has 0 aromatic heterocycles. The molecule has 23 heavy (non-hydrogen) atoms. The number of anilines is 1. The van der Waals surface area contributed by atoms with Crippen LogP contribution >= 0.6 is 0 Å². The van der Waals surface area contributed by atoms with E-state index in [1.807, 2.05) is 6.07 Å². The molecule has 0 aliphatic heterocycles. The Hall–Kier alpha value is -3.46. The quantitative estimate of drug-likeness (QED) is 0.520. The zero-order chi connectivity index (χ0) is 16.7. The summed E-state index contributed by atoms with van der Waals surface area (Å²) in [7, 11) is 0. The van der Waals surface area contributed by atoms with Gasteiger partial charge in [-0.1, -0.05) is 24.3 Å². The summed E-state index contributed by atoms with van der Waals surface area (Å²) in [5.74, 6) is -0.343. The number of hydrogen-bond acceptors (Lipinski definition) is 4. The molecule has 2 rings (SSSR count). The summed E-state index contributed by atoms with van der Waals surface area (Å²) in [6, 6.07) is 15.0. The molecule has 0 saturated carbocycles. The summed E-state index contributed by atoms with van der Waals surface area (Å²) < 4.78 is 0. The van der Waals surface area contributed by atoms with Crippen LogP contribution in [0.2, 0.25) is 0 Å². The zero-order valence-corrected chi connectivity index (χ0v) is 12.1. The Bertz CT molecular complexity index is 789. The molecule has 0 fully saturated rings. The van der Waals surface area contributed by atoms with Gasteiger partial charge >= 0.3 is 0 Å². The molecule has 2 aromatic carbocycles. The summed E-state index contributed by atoms with van der Waals surface area (Å²) in [5, 5.41) is 22.0. The topological polar surface area (TPSA) is 96.0 Å². The van der Waals surface area contributed by atoms with Crippen molar-refractivity contribution in [1.82, 2.24) is 0 Å². The van der Waals surface area contributed by atoms with Crippen LogP contribution in [0.25, 0.3) is 6.08 Å². The number of carbonyl (C=O) groups excluding carboxylic acids is 1. The molecule has 0 bridgehead atoms. The van der Waals surface area contributed by atoms with Gasteiger partial charge in [0.15, 0.2) is 0 Å². The summed E-state index contributed by atoms with van der Waals surface area (Å²) in [4.78, 5) is 22.0. The van der Waals surface area contributed by atoms with E-state index >= 15 is 0 Å². The minimum atomic E-state index is -0.486. The maximum atomic E-state index is 11.8. The highest BCUT2D eigenvalue weighted by Gasteiger charge is 2.04. The second-order valence-electron chi connectivity index (χ2n) is 4.71. The van der Waals surface area contributed by atoms with Crippen molar-refractivity contribution in [2.75, 3.05) is 5.32 Å². The van der Waals surface area contributed by atoms with Crippen LogP contribution in [0.15, 0.2) is 54.6 Å². The number of non-ortho nitro benzene ring substituents is 1. The number of carbonyl (C=O) groups is 1. The fraction of sp³-hybridized carbons (Fsp3) is 0.0588. The predicted molar refractivity (Wildman–Crippen MR) is 86.5 cm³/mol. The maximum Gasteiger partial charge on any atom is 0.270 e. The van der Waals surface area contributed by atoms with E-state index in [2.05, 4.69) is 5.32 Å². The first kappa shape index (κ1) is 15.9. The van der Waals surface area contributed by atoms with Gasteiger partial charge in [-0.2, -0.15) is 5.26 Å². The third kappa shape index (κ3) is 4.79. The SMILES string of the molecule is N#CCc1ccc(NC(=O)/C=C/c2cccc([N+](=O)[O-])c2)cc1. The zero-order valence-electron chi connectivity index (χ0n) is 12.1. The Morgan fingerprint density at radius 1 is 1.26 bits per heavy atom. The van der Waals surface area contributed by atoms with Crippen LogP contribution in [-0.2, 0) is 11.2 Å². The number of rotatable bonds is 5. The van der Waals surface area contributed by atoms with E-state index in [-0.39, 0.29) is 11.6 Å². The molecule has 0 aliphatic carbocycles. The van der Waals surface area contributed by atoms with Crippen LogP contribution in [0.5, 0.6) is 0 Å². The molecule has 0 radical (unpaired) electrons. The smallest absolute Gasteiger partial charge is 0.270 e. The molecule has 6 nitrogen and oxygen atoms in total. The molecule has 0 unspecified atom stereocenters. The molecule has 1 amide bonds. The number of nitrogens with one attached hydrogen (secondary N) is 1. The molecule has 0 spiro atoms. The van der Waals surface area contributed by atoms with Crippen molar-refractivity contribution < 1.29 is 9.72 Å². The van der Waals surface area contributed by atoms with Gasteiger partial charge in [0.2, 0.25) is 5.91 Å². The molecule has 0 atom stereocenters. The standard InChI is InChI=1S/C17H13N3O3/c18-11-10-13-4-7-15(8-5-13)19-17(21)9-6-14-2-1-3-16(12-14)20(22)23/h1-9,12H,10H2,(H,19,21)/b9-6+. The van der Waals surface area contributed by atoms with E-state index in [4.69, 9.17) is 5.26 Å². The van der Waals surface area contributed by atoms with Crippen molar-refractivity contribution >= 4 is 23.4 Å². The van der Waals surface area contributed by atoms with Gasteiger partial charge < -0.3 is 5.32 Å². The van der Waals surface area contributed by atoms with E-state index in [1.54, 1.807) is 36.4 Å². The van der Waals surface area contributed by atoms with E-state index in [0.717, 1.165) is 5.56 Å². The Morgan fingerprint density at radius 2 is 2.00 bits per heavy atom. The van der Waals surface area contributed by atoms with Crippen LogP contribution in [0.1, 0.15) is 11.1 Å². The Labute approximate surface area is 132 Å². The molecule has 6 heteroatoms. The molecule has 0 aliphatic rings. The monoisotopic (exact) mass is 307 g/mol. The van der Waals surface area contributed by atoms with Crippen molar-refractivity contribution in [3.8, 4) is 6.07 Å². The van der Waals surface area contributed by atoms with Crippen LogP contribution in [0.4, 0.5) is 11.4 Å². The average molecular weight is 307 g/mol. The van der Waals surface area contributed by atoms with Crippen LogP contribution < -0.4 is 5.32 Å². The second-order valence-corrected chi connectivity index (χ2v) is 4.71. The van der Waals surface area contributed by atoms with E-state index in [1.165, 1.54) is 24.3 Å². The van der Waals surface area contributed by atoms with Crippen LogP contribution in [0, 0.1) is 21.4 Å². The predicted octanol–water partition coefficient (Wildman–Crippen LogP) is 3.31. The van der Waals surface area contributed by atoms with Crippen molar-refractivity contribution in [1.29, 1.82) is 5.26 Å². The lowest BCUT2D eigenvalue weighted by Crippen LogP contribution is -2.07. The molecule has 2 aromatic rings. The van der Waals surface area contributed by atoms with Crippen molar-refractivity contribution in [3.63, 3.8) is 0 Å². The fourth-order valence-corrected chi connectivity index (χ4v) is 1.90. The average Bonchev–Trinajstić information content (AvgIpc) is 2.55. The number of nitro benzene ring substituents is 1. The lowest BCUT2D eigenvalue weighted by molar-refractivity contribution is -0.384. The van der Waals surface area contributed by atoms with Gasteiger partial charge in [-0.15, -0.1) is 0 Å². The van der Waals surface area contributed by atoms with Gasteiger partial charge in [0.1, 0.15) is 0 Å². The Balaban J connectivity index is 2.00. The first-order chi connectivity index (χ1) is 11.1. The van der Waals surface area contributed by atoms with Crippen molar-refractivity contribution in [2.24, 2.45) is 0 Å². The fourth-order valence-electron chi connectivity index (χ4n) is 1.90. The highest BCUT2D eigenvalue weighted by molar-refractivity contribution is 6.01. The number of amides is 1. The maximum absolute atomic E-state index is 11.8. The number of nitrogens with zero attached hydrogens (tertiary/aromatic N) is 2. The van der Waals surface area contributed by atoms with E-state index in [0.29, 0.717) is 17.7 Å². The summed E-state index contributed by atoms with van der Waals surface area (Å²) in [6.07, 6.45) is 3.13. The van der Waals surface area contributed by atoms with Gasteiger partial charge in [0.05, 0.1) is 17.4 Å². The lowest BCUT2D eigenvalue weighted by atomic mass is 10.1. The van der Waals surface area contributed by atoms with Gasteiger partial charge in [-0.25, -0.2) is 0 Å². The first-order valence-corrected chi connectivity index (χ1v) is 6.78. The van der Waals surface area contributed by atoms with Crippen LogP contribution in [-0.4, -0.2) is 10.8 Å². The van der Waals surface area contributed by atoms with Gasteiger partial charge in [-0.3, -0.25) is 14.9 Å². The number of benzene rings is 2. The van der Waals surface area contributed by atoms with E-state index in [9.17, 15) is 14.9 Å². The third-order valence-electron chi connectivity index (χ3n) is 3.01. The normalized spacial score (nSPS) is 10.2. The lowest BCUT2D eigenvalue weighted by Gasteiger charge is -2.02. The highest BCUT2D eigenvalue weighted by atomic mass is 16.6. The van der Waals surface area contributed by atoms with Gasteiger partial charge in [0.25, 0.3) is 5.69 Å². The molecule has 1 N–H and O–H groups in total. The minimum absolute atomic E-state index is 0.0272. The number of hydrogen-bond donors (Lipinski definition) is 1. The molecule has 114 valence electrons. The summed E-state index contributed by atoms with van der Waals surface area (Å²) in [6.45, 7) is 0. The number of nitro groups is 1. The summed E-state index contributed by atoms with van der Waals surface area (Å²) >= 11 is 0. The second kappa shape index (κ2) is 7.52. The third-order valence-corrected chi connectivity index (χ3v) is 3.01. The Kier molecular flexibility index (Phi) is 5.21. The van der Waals surface area contributed by atoms with Gasteiger partial charge in [0, 0.05) is 23.9 Å². The molecular weight excluding hydrogens is 294 g/mol. The van der Waals surface area contributed by atoms with Crippen LogP contribution in [0.3, 0.4) is 0 Å². The highest BCUT2D eigenvalue weighted by Crippen LogP contribution is 2.14. The minimum Gasteiger partial charge on any atom is -0.323 e. The van der Waals surface area contributed by atoms with Crippen molar-refractivity contribution in [3.05, 3.63) is 75.8 Å². The summed E-state index contributed by atoms with van der Waals surface area (Å²) in [5.41, 5.74) is 2.03. The first-order valence-electron chi connectivity index (χ1n) is 6.78.